The molecule has 0 aliphatic heterocycles. The number of hydrogen-bond acceptors (Lipinski definition) is 6. The summed E-state index contributed by atoms with van der Waals surface area (Å²) >= 11 is 7.31. The van der Waals surface area contributed by atoms with Crippen LogP contribution in [0.5, 0.6) is 0 Å². The first-order chi connectivity index (χ1) is 16.3. The highest BCUT2D eigenvalue weighted by molar-refractivity contribution is 7.18. The highest BCUT2D eigenvalue weighted by Crippen LogP contribution is 2.35. The number of esters is 1. The monoisotopic (exact) mass is 493 g/mol. The summed E-state index contributed by atoms with van der Waals surface area (Å²) in [5.74, 6) is -1.81. The van der Waals surface area contributed by atoms with Crippen LogP contribution in [0, 0.1) is 6.92 Å². The van der Waals surface area contributed by atoms with Crippen LogP contribution in [-0.2, 0) is 4.74 Å². The van der Waals surface area contributed by atoms with Crippen molar-refractivity contribution in [2.24, 2.45) is 5.73 Å². The zero-order valence-electron chi connectivity index (χ0n) is 18.3. The normalized spacial score (nSPS) is 10.8. The lowest BCUT2D eigenvalue weighted by atomic mass is 10.0. The Balaban J connectivity index is 1.83. The first-order valence-corrected chi connectivity index (χ1v) is 11.6. The zero-order chi connectivity index (χ0) is 24.4. The number of anilines is 1. The number of pyridine rings is 1. The molecule has 0 atom stereocenters. The number of thiophene rings is 1. The summed E-state index contributed by atoms with van der Waals surface area (Å²) in [5.41, 5.74) is 8.10. The van der Waals surface area contributed by atoms with E-state index in [9.17, 15) is 14.4 Å². The number of carbonyl (C=O) groups excluding carboxylic acids is 3. The average Bonchev–Trinajstić information content (AvgIpc) is 3.14. The van der Waals surface area contributed by atoms with Crippen LogP contribution in [-0.4, -0.2) is 29.4 Å². The molecule has 2 aromatic heterocycles. The molecule has 4 aromatic rings. The number of aromatic nitrogens is 1. The van der Waals surface area contributed by atoms with Gasteiger partial charge in [0.1, 0.15) is 5.00 Å². The summed E-state index contributed by atoms with van der Waals surface area (Å²) in [6.07, 6.45) is 0. The number of halogens is 1. The smallest absolute Gasteiger partial charge is 0.341 e. The maximum Gasteiger partial charge on any atom is 0.341 e. The molecule has 2 aromatic carbocycles. The van der Waals surface area contributed by atoms with Crippen molar-refractivity contribution in [1.29, 1.82) is 0 Å². The van der Waals surface area contributed by atoms with Crippen molar-refractivity contribution in [2.75, 3.05) is 11.9 Å². The SMILES string of the molecule is CCOC(=O)c1c(NC(=O)c2cc(-c3ccccc3Cl)nc3ccccc23)sc(C(N)=O)c1C. The van der Waals surface area contributed by atoms with Gasteiger partial charge in [-0.25, -0.2) is 9.78 Å². The number of nitrogens with one attached hydrogen (secondary N) is 1. The predicted molar refractivity (Wildman–Crippen MR) is 134 cm³/mol. The van der Waals surface area contributed by atoms with Crippen LogP contribution in [0.4, 0.5) is 5.00 Å². The van der Waals surface area contributed by atoms with E-state index >= 15 is 0 Å². The van der Waals surface area contributed by atoms with E-state index in [1.54, 1.807) is 44.2 Å². The van der Waals surface area contributed by atoms with Crippen molar-refractivity contribution >= 4 is 56.6 Å². The molecule has 9 heteroatoms. The Morgan fingerprint density at radius 3 is 2.53 bits per heavy atom. The third-order valence-electron chi connectivity index (χ3n) is 5.19. The van der Waals surface area contributed by atoms with Crippen molar-refractivity contribution in [1.82, 2.24) is 4.98 Å². The molecule has 4 rings (SSSR count). The molecule has 0 aliphatic carbocycles. The van der Waals surface area contributed by atoms with Crippen molar-refractivity contribution in [3.8, 4) is 11.3 Å². The first-order valence-electron chi connectivity index (χ1n) is 10.4. The minimum absolute atomic E-state index is 0.110. The summed E-state index contributed by atoms with van der Waals surface area (Å²) in [4.78, 5) is 42.8. The number of hydrogen-bond donors (Lipinski definition) is 2. The molecule has 0 aliphatic rings. The minimum atomic E-state index is -0.691. The quantitative estimate of drug-likeness (QED) is 0.347. The molecule has 0 saturated heterocycles. The molecule has 7 nitrogen and oxygen atoms in total. The Morgan fingerprint density at radius 1 is 1.12 bits per heavy atom. The summed E-state index contributed by atoms with van der Waals surface area (Å²) in [6.45, 7) is 3.41. The van der Waals surface area contributed by atoms with Gasteiger partial charge >= 0.3 is 5.97 Å². The number of nitrogens with zero attached hydrogens (tertiary/aromatic N) is 1. The van der Waals surface area contributed by atoms with Gasteiger partial charge < -0.3 is 15.8 Å². The maximum atomic E-state index is 13.5. The molecule has 3 N–H and O–H groups in total. The minimum Gasteiger partial charge on any atom is -0.462 e. The molecule has 0 bridgehead atoms. The van der Waals surface area contributed by atoms with Crippen LogP contribution >= 0.6 is 22.9 Å². The molecule has 34 heavy (non-hydrogen) atoms. The number of primary amides is 1. The van der Waals surface area contributed by atoms with E-state index in [0.29, 0.717) is 38.3 Å². The number of fused-ring (bicyclic) bond motifs is 1. The number of benzene rings is 2. The molecule has 0 saturated carbocycles. The summed E-state index contributed by atoms with van der Waals surface area (Å²) < 4.78 is 5.13. The van der Waals surface area contributed by atoms with Gasteiger partial charge in [-0.3, -0.25) is 9.59 Å². The first kappa shape index (κ1) is 23.4. The van der Waals surface area contributed by atoms with Gasteiger partial charge in [-0.05, 0) is 37.6 Å². The van der Waals surface area contributed by atoms with Gasteiger partial charge in [-0.1, -0.05) is 48.0 Å². The van der Waals surface area contributed by atoms with Gasteiger partial charge in [-0.2, -0.15) is 0 Å². The Bertz CT molecular complexity index is 1450. The molecular formula is C25H20ClN3O4S. The lowest BCUT2D eigenvalue weighted by Gasteiger charge is -2.12. The number of carbonyl (C=O) groups is 3. The highest BCUT2D eigenvalue weighted by Gasteiger charge is 2.26. The number of rotatable bonds is 6. The Hall–Kier alpha value is -3.75. The van der Waals surface area contributed by atoms with Crippen LogP contribution in [0.2, 0.25) is 5.02 Å². The van der Waals surface area contributed by atoms with Crippen molar-refractivity contribution < 1.29 is 19.1 Å². The van der Waals surface area contributed by atoms with E-state index in [0.717, 1.165) is 11.3 Å². The molecule has 0 fully saturated rings. The van der Waals surface area contributed by atoms with Crippen LogP contribution in [0.15, 0.2) is 54.6 Å². The molecule has 172 valence electrons. The van der Waals surface area contributed by atoms with Crippen molar-refractivity contribution in [2.45, 2.75) is 13.8 Å². The number of amides is 2. The molecule has 0 radical (unpaired) electrons. The third-order valence-corrected chi connectivity index (χ3v) is 6.74. The van der Waals surface area contributed by atoms with Crippen LogP contribution < -0.4 is 11.1 Å². The number of nitrogens with two attached hydrogens (primary N) is 1. The lowest BCUT2D eigenvalue weighted by Crippen LogP contribution is -2.16. The fraction of sp³-hybridized carbons (Fsp3) is 0.120. The van der Waals surface area contributed by atoms with Gasteiger partial charge in [0, 0.05) is 16.0 Å². The second-order valence-electron chi connectivity index (χ2n) is 7.35. The Kier molecular flexibility index (Phi) is 6.63. The zero-order valence-corrected chi connectivity index (χ0v) is 19.9. The fourth-order valence-corrected chi connectivity index (χ4v) is 4.90. The predicted octanol–water partition coefficient (Wildman–Crippen LogP) is 5.45. The van der Waals surface area contributed by atoms with E-state index in [-0.39, 0.29) is 22.0 Å². The second-order valence-corrected chi connectivity index (χ2v) is 8.78. The van der Waals surface area contributed by atoms with Crippen LogP contribution in [0.3, 0.4) is 0 Å². The fourth-order valence-electron chi connectivity index (χ4n) is 3.63. The number of para-hydroxylation sites is 1. The molecule has 0 spiro atoms. The van der Waals surface area contributed by atoms with E-state index in [1.807, 2.05) is 24.3 Å². The standard InChI is InChI=1S/C25H20ClN3O4S/c1-3-33-25(32)20-13(2)21(22(27)30)34-24(20)29-23(31)16-12-19(15-9-4-6-10-17(15)26)28-18-11-7-5-8-14(16)18/h4-12H,3H2,1-2H3,(H2,27,30)(H,29,31). The third kappa shape index (κ3) is 4.37. The molecular weight excluding hydrogens is 474 g/mol. The van der Waals surface area contributed by atoms with Crippen LogP contribution in [0.1, 0.15) is 42.9 Å². The van der Waals surface area contributed by atoms with Crippen LogP contribution in [0.25, 0.3) is 22.2 Å². The summed E-state index contributed by atoms with van der Waals surface area (Å²) in [5, 5.41) is 4.09. The van der Waals surface area contributed by atoms with E-state index in [2.05, 4.69) is 10.3 Å². The maximum absolute atomic E-state index is 13.5. The van der Waals surface area contributed by atoms with Gasteiger partial charge in [-0.15, -0.1) is 11.3 Å². The Labute approximate surface area is 204 Å². The topological polar surface area (TPSA) is 111 Å². The second kappa shape index (κ2) is 9.62. The van der Waals surface area contributed by atoms with E-state index < -0.39 is 17.8 Å². The average molecular weight is 494 g/mol. The van der Waals surface area contributed by atoms with Gasteiger partial charge in [0.2, 0.25) is 0 Å². The van der Waals surface area contributed by atoms with Gasteiger partial charge in [0.05, 0.1) is 33.8 Å². The summed E-state index contributed by atoms with van der Waals surface area (Å²) in [7, 11) is 0. The van der Waals surface area contributed by atoms with Crippen molar-refractivity contribution in [3.05, 3.63) is 81.2 Å². The van der Waals surface area contributed by atoms with Gasteiger partial charge in [0.25, 0.3) is 11.8 Å². The van der Waals surface area contributed by atoms with E-state index in [1.165, 1.54) is 0 Å². The number of ether oxygens (including phenoxy) is 1. The molecule has 2 heterocycles. The van der Waals surface area contributed by atoms with E-state index in [4.69, 9.17) is 22.1 Å². The molecule has 2 amide bonds. The lowest BCUT2D eigenvalue weighted by molar-refractivity contribution is 0.0527. The largest absolute Gasteiger partial charge is 0.462 e. The van der Waals surface area contributed by atoms with Crippen molar-refractivity contribution in [3.63, 3.8) is 0 Å². The van der Waals surface area contributed by atoms with Gasteiger partial charge in [0.15, 0.2) is 0 Å². The highest BCUT2D eigenvalue weighted by atomic mass is 35.5. The summed E-state index contributed by atoms with van der Waals surface area (Å²) in [6, 6.07) is 16.1. The molecule has 0 unspecified atom stereocenters. The Morgan fingerprint density at radius 2 is 1.82 bits per heavy atom.